The van der Waals surface area contributed by atoms with Crippen molar-refractivity contribution in [1.29, 1.82) is 0 Å². The van der Waals surface area contributed by atoms with Gasteiger partial charge in [0.05, 0.1) is 5.25 Å². The fourth-order valence-corrected chi connectivity index (χ4v) is 3.77. The van der Waals surface area contributed by atoms with Crippen molar-refractivity contribution < 1.29 is 0 Å². The van der Waals surface area contributed by atoms with Crippen molar-refractivity contribution in [3.63, 3.8) is 0 Å². The summed E-state index contributed by atoms with van der Waals surface area (Å²) in [4.78, 5) is 1.45. The van der Waals surface area contributed by atoms with Crippen LogP contribution in [0.15, 0.2) is 58.5 Å². The molecule has 0 saturated carbocycles. The molecule has 82 valence electrons. The molecule has 0 amide bonds. The van der Waals surface area contributed by atoms with E-state index in [9.17, 15) is 0 Å². The van der Waals surface area contributed by atoms with Crippen LogP contribution in [0.4, 0.5) is 0 Å². The molecule has 1 aliphatic heterocycles. The Bertz CT molecular complexity index is 523. The van der Waals surface area contributed by atoms with E-state index in [1.165, 1.54) is 27.2 Å². The second-order valence-electron chi connectivity index (χ2n) is 4.35. The number of fused-ring (bicyclic) bond motifs is 1. The zero-order chi connectivity index (χ0) is 11.1. The summed E-state index contributed by atoms with van der Waals surface area (Å²) in [5, 5.41) is 0.565. The Kier molecular flexibility index (Phi) is 3.73. The fourth-order valence-electron chi connectivity index (χ4n) is 2.44. The van der Waals surface area contributed by atoms with E-state index < -0.39 is 0 Å². The van der Waals surface area contributed by atoms with Crippen LogP contribution < -0.4 is 0 Å². The van der Waals surface area contributed by atoms with Gasteiger partial charge in [-0.25, -0.2) is 0 Å². The van der Waals surface area contributed by atoms with Gasteiger partial charge in [0.15, 0.2) is 0 Å². The van der Waals surface area contributed by atoms with Crippen LogP contribution in [0.5, 0.6) is 0 Å². The van der Waals surface area contributed by atoms with Crippen LogP contribution in [0.25, 0.3) is 5.57 Å². The molecule has 0 bridgehead atoms. The molecule has 0 fully saturated rings. The van der Waals surface area contributed by atoms with Crippen LogP contribution >= 0.6 is 11.8 Å². The average Bonchev–Trinajstić information content (AvgIpc) is 2.74. The Balaban J connectivity index is 0.00000108. The van der Waals surface area contributed by atoms with E-state index in [0.29, 0.717) is 5.25 Å². The Morgan fingerprint density at radius 3 is 2.47 bits per heavy atom. The van der Waals surface area contributed by atoms with Gasteiger partial charge >= 0.3 is 18.9 Å². The van der Waals surface area contributed by atoms with Crippen molar-refractivity contribution in [2.45, 2.75) is 19.1 Å². The van der Waals surface area contributed by atoms with Gasteiger partial charge in [0.1, 0.15) is 0 Å². The number of benzene rings is 1. The first-order valence-electron chi connectivity index (χ1n) is 5.59. The first-order chi connectivity index (χ1) is 7.75. The van der Waals surface area contributed by atoms with E-state index in [0.717, 1.165) is 0 Å². The molecule has 1 heterocycles. The summed E-state index contributed by atoms with van der Waals surface area (Å²) >= 11 is 1.98. The third kappa shape index (κ3) is 2.20. The van der Waals surface area contributed by atoms with Gasteiger partial charge in [0.2, 0.25) is 0 Å². The van der Waals surface area contributed by atoms with E-state index >= 15 is 0 Å². The Morgan fingerprint density at radius 2 is 1.76 bits per heavy atom. The molecule has 1 aromatic rings. The van der Waals surface area contributed by atoms with Crippen LogP contribution in [-0.4, -0.2) is 24.1 Å². The van der Waals surface area contributed by atoms with Gasteiger partial charge < -0.3 is 0 Å². The SMILES string of the molecule is CC1=CC2SC(C)=C(c3ccccc3)C2=C1.[LiH]. The maximum atomic E-state index is 2.36. The number of hydrogen-bond donors (Lipinski definition) is 0. The minimum absolute atomic E-state index is 0. The Labute approximate surface area is 119 Å². The van der Waals surface area contributed by atoms with Crippen LogP contribution in [-0.2, 0) is 0 Å². The zero-order valence-corrected chi connectivity index (χ0v) is 10.3. The van der Waals surface area contributed by atoms with Gasteiger partial charge in [0, 0.05) is 0 Å². The standard InChI is InChI=1S/C15H14S.Li.H/c1-10-8-13-14(9-10)16-11(2)15(13)12-6-4-3-5-7-12;;/h3-9,14H,1-2H3;;. The normalized spacial score (nSPS) is 21.9. The maximum absolute atomic E-state index is 2.36. The van der Waals surface area contributed by atoms with Gasteiger partial charge in [0.25, 0.3) is 0 Å². The van der Waals surface area contributed by atoms with Crippen LogP contribution in [0.1, 0.15) is 19.4 Å². The van der Waals surface area contributed by atoms with Crippen molar-refractivity contribution >= 4 is 36.2 Å². The predicted octanol–water partition coefficient (Wildman–Crippen LogP) is 3.77. The van der Waals surface area contributed by atoms with Crippen LogP contribution in [0, 0.1) is 0 Å². The van der Waals surface area contributed by atoms with E-state index in [1.54, 1.807) is 0 Å². The summed E-state index contributed by atoms with van der Waals surface area (Å²) in [6.07, 6.45) is 4.69. The molecule has 2 aliphatic rings. The van der Waals surface area contributed by atoms with Gasteiger partial charge in [-0.15, -0.1) is 11.8 Å². The molecule has 0 aromatic heterocycles. The van der Waals surface area contributed by atoms with Gasteiger partial charge in [-0.1, -0.05) is 48.1 Å². The monoisotopic (exact) mass is 234 g/mol. The zero-order valence-electron chi connectivity index (χ0n) is 9.53. The van der Waals surface area contributed by atoms with E-state index in [-0.39, 0.29) is 18.9 Å². The number of rotatable bonds is 1. The summed E-state index contributed by atoms with van der Waals surface area (Å²) in [5.74, 6) is 0. The third-order valence-corrected chi connectivity index (χ3v) is 4.31. The Hall–Kier alpha value is -0.613. The molecular formula is C15H15LiS. The fraction of sp³-hybridized carbons (Fsp3) is 0.200. The second-order valence-corrected chi connectivity index (χ2v) is 5.70. The minimum atomic E-state index is 0. The predicted molar refractivity (Wildman–Crippen MR) is 79.4 cm³/mol. The van der Waals surface area contributed by atoms with Crippen molar-refractivity contribution in [2.75, 3.05) is 0 Å². The molecule has 0 spiro atoms. The van der Waals surface area contributed by atoms with E-state index in [2.05, 4.69) is 56.3 Å². The summed E-state index contributed by atoms with van der Waals surface area (Å²) in [7, 11) is 0. The second kappa shape index (κ2) is 4.94. The molecule has 0 saturated heterocycles. The van der Waals surface area contributed by atoms with Gasteiger partial charge in [-0.3, -0.25) is 0 Å². The number of thioether (sulfide) groups is 1. The molecule has 0 nitrogen and oxygen atoms in total. The van der Waals surface area contributed by atoms with Crippen molar-refractivity contribution in [3.05, 3.63) is 64.1 Å². The number of allylic oxidation sites excluding steroid dienone is 4. The van der Waals surface area contributed by atoms with E-state index in [4.69, 9.17) is 0 Å². The molecule has 17 heavy (non-hydrogen) atoms. The molecule has 1 aliphatic carbocycles. The molecule has 1 atom stereocenters. The summed E-state index contributed by atoms with van der Waals surface area (Å²) in [5.41, 5.74) is 5.69. The van der Waals surface area contributed by atoms with Crippen molar-refractivity contribution in [1.82, 2.24) is 0 Å². The summed E-state index contributed by atoms with van der Waals surface area (Å²) in [6, 6.07) is 10.7. The average molecular weight is 234 g/mol. The van der Waals surface area contributed by atoms with Crippen LogP contribution in [0.3, 0.4) is 0 Å². The molecule has 1 aromatic carbocycles. The topological polar surface area (TPSA) is 0 Å². The van der Waals surface area contributed by atoms with Crippen molar-refractivity contribution in [2.24, 2.45) is 0 Å². The van der Waals surface area contributed by atoms with Crippen LogP contribution in [0.2, 0.25) is 0 Å². The molecule has 1 unspecified atom stereocenters. The summed E-state index contributed by atoms with van der Waals surface area (Å²) in [6.45, 7) is 4.42. The van der Waals surface area contributed by atoms with Gasteiger partial charge in [-0.05, 0) is 35.5 Å². The molecule has 2 heteroatoms. The van der Waals surface area contributed by atoms with Crippen molar-refractivity contribution in [3.8, 4) is 0 Å². The molecular weight excluding hydrogens is 219 g/mol. The third-order valence-electron chi connectivity index (χ3n) is 3.11. The quantitative estimate of drug-likeness (QED) is 0.666. The molecule has 0 N–H and O–H groups in total. The van der Waals surface area contributed by atoms with E-state index in [1.807, 2.05) is 11.8 Å². The number of hydrogen-bond acceptors (Lipinski definition) is 1. The summed E-state index contributed by atoms with van der Waals surface area (Å²) < 4.78 is 0. The first-order valence-corrected chi connectivity index (χ1v) is 6.47. The molecule has 0 radical (unpaired) electrons. The molecule has 3 rings (SSSR count). The Morgan fingerprint density at radius 1 is 1.06 bits per heavy atom. The van der Waals surface area contributed by atoms with Gasteiger partial charge in [-0.2, -0.15) is 0 Å². The first kappa shape index (κ1) is 12.8.